The van der Waals surface area contributed by atoms with Crippen molar-refractivity contribution in [2.45, 2.75) is 103 Å². The largest absolute Gasteiger partial charge is 0.464 e. The molecule has 1 aromatic carbocycles. The summed E-state index contributed by atoms with van der Waals surface area (Å²) in [5.74, 6) is -2.97. The van der Waals surface area contributed by atoms with Crippen LogP contribution in [-0.4, -0.2) is 169 Å². The number of urea groups is 1. The second kappa shape index (κ2) is 21.2. The maximum atomic E-state index is 16.9. The van der Waals surface area contributed by atoms with Crippen molar-refractivity contribution in [2.24, 2.45) is 11.3 Å². The number of pyridine rings is 1. The predicted molar refractivity (Wildman–Crippen MR) is 264 cm³/mol. The molecule has 4 aliphatic rings. The first-order valence-corrected chi connectivity index (χ1v) is 25.4. The summed E-state index contributed by atoms with van der Waals surface area (Å²) in [4.78, 5) is 73.5. The summed E-state index contributed by atoms with van der Waals surface area (Å²) in [7, 11) is 6.93. The van der Waals surface area contributed by atoms with Crippen LogP contribution in [0.5, 0.6) is 0 Å². The van der Waals surface area contributed by atoms with Crippen molar-refractivity contribution in [3.05, 3.63) is 51.9 Å². The van der Waals surface area contributed by atoms with Crippen LogP contribution in [0.1, 0.15) is 69.8 Å². The molecule has 6 bridgehead atoms. The van der Waals surface area contributed by atoms with Gasteiger partial charge in [-0.3, -0.25) is 24.4 Å². The Labute approximate surface area is 421 Å². The van der Waals surface area contributed by atoms with Crippen LogP contribution in [-0.2, 0) is 48.0 Å². The number of thiazole rings is 1. The molecule has 3 saturated heterocycles. The van der Waals surface area contributed by atoms with E-state index in [-0.39, 0.29) is 66.5 Å². The van der Waals surface area contributed by atoms with E-state index in [2.05, 4.69) is 10.7 Å². The number of likely N-dealkylation sites (tertiary alicyclic amines) is 1. The molecule has 72 heavy (non-hydrogen) atoms. The first-order valence-electron chi connectivity index (χ1n) is 24.5. The number of anilines is 1. The minimum atomic E-state index is -4.75. The van der Waals surface area contributed by atoms with Crippen molar-refractivity contribution in [3.8, 4) is 22.5 Å². The van der Waals surface area contributed by atoms with Crippen molar-refractivity contribution in [1.82, 2.24) is 45.0 Å². The van der Waals surface area contributed by atoms with Gasteiger partial charge in [0.25, 0.3) is 5.91 Å². The Kier molecular flexibility index (Phi) is 15.6. The SMILES string of the molecule is CO[C@@H](C)c1ncc(N2CCOCC2)cc1-c1c2c3cc(c(F)cc3n1CC(F)(F)F)-c1csc(n1)C[C@H](NC(=O)[C@H](C(C)C)N(C)C(=O)N1CC(N(C)C)C1)C(=O)N1CCC[C@H](N1)C(=O)OCC(C)(C)C2. The molecule has 0 radical (unpaired) electrons. The number of amides is 4. The first-order chi connectivity index (χ1) is 34.0. The van der Waals surface area contributed by atoms with E-state index in [4.69, 9.17) is 24.2 Å². The number of hydrogen-bond donors (Lipinski definition) is 2. The molecular formula is C50H66F4N10O7S. The lowest BCUT2D eigenvalue weighted by atomic mass is 9.84. The Morgan fingerprint density at radius 3 is 2.44 bits per heavy atom. The molecule has 4 aliphatic heterocycles. The molecule has 0 aliphatic carbocycles. The van der Waals surface area contributed by atoms with Gasteiger partial charge in [0, 0.05) is 86.7 Å². The number of nitrogens with zero attached hydrogens (tertiary/aromatic N) is 8. The van der Waals surface area contributed by atoms with Gasteiger partial charge in [0.2, 0.25) is 5.91 Å². The van der Waals surface area contributed by atoms with Gasteiger partial charge in [0.05, 0.1) is 65.4 Å². The summed E-state index contributed by atoms with van der Waals surface area (Å²) in [6.45, 7) is 10.6. The molecule has 2 N–H and O–H groups in total. The molecule has 7 heterocycles. The summed E-state index contributed by atoms with van der Waals surface area (Å²) < 4.78 is 80.3. The lowest BCUT2D eigenvalue weighted by Crippen LogP contribution is -2.65. The average molecular weight is 1030 g/mol. The fraction of sp³-hybridized carbons (Fsp3) is 0.600. The normalized spacial score (nSPS) is 21.1. The first kappa shape index (κ1) is 52.9. The predicted octanol–water partition coefficient (Wildman–Crippen LogP) is 6.04. The number of halogens is 4. The van der Waals surface area contributed by atoms with E-state index in [1.165, 1.54) is 23.1 Å². The molecule has 22 heteroatoms. The fourth-order valence-electron chi connectivity index (χ4n) is 10.1. The number of nitrogens with one attached hydrogen (secondary N) is 2. The van der Waals surface area contributed by atoms with E-state index in [1.807, 2.05) is 57.7 Å². The molecule has 3 fully saturated rings. The van der Waals surface area contributed by atoms with E-state index in [0.717, 1.165) is 22.0 Å². The minimum absolute atomic E-state index is 0.00736. The standard InChI is InChI=1S/C50H66F4N10O7S/c1-28(2)43(60(8)48(68)62-23-31(24-62)59(6)7)45(65)57-38-20-41-56-39(25-72-41)33-18-32-35(21-49(4,5)27-71-47(67)37-11-10-12-64(58-37)46(38)66)44(63(26-50(52,53)54)40(32)19-36(33)51)34-17-30(61-13-15-70-16-14-61)22-55-42(34)29(3)69-9/h17-19,22,25,28-29,31,37-38,43,58H,10-16,20-21,23-24,26-27H2,1-9H3,(H,57,65)/t29-,37-,38-,43-/m0/s1. The highest BCUT2D eigenvalue weighted by Gasteiger charge is 2.42. The number of rotatable bonds is 10. The molecule has 0 unspecified atom stereocenters. The minimum Gasteiger partial charge on any atom is -0.464 e. The fourth-order valence-corrected chi connectivity index (χ4v) is 11.0. The summed E-state index contributed by atoms with van der Waals surface area (Å²) in [6.07, 6.45) is -3.06. The van der Waals surface area contributed by atoms with E-state index in [1.54, 1.807) is 30.4 Å². The number of likely N-dealkylation sites (N-methyl/N-ethyl adjacent to an activating group) is 2. The topological polar surface area (TPSA) is 167 Å². The number of benzene rings is 1. The molecule has 0 spiro atoms. The third-order valence-electron chi connectivity index (χ3n) is 14.2. The number of hydrazine groups is 1. The van der Waals surface area contributed by atoms with E-state index in [9.17, 15) is 32.3 Å². The number of carbonyl (C=O) groups excluding carboxylic acids is 4. The van der Waals surface area contributed by atoms with Gasteiger partial charge in [-0.1, -0.05) is 27.7 Å². The van der Waals surface area contributed by atoms with E-state index < -0.39 is 66.0 Å². The van der Waals surface area contributed by atoms with Gasteiger partial charge < -0.3 is 43.7 Å². The van der Waals surface area contributed by atoms with Gasteiger partial charge in [-0.15, -0.1) is 11.3 Å². The van der Waals surface area contributed by atoms with Crippen LogP contribution in [0.15, 0.2) is 29.8 Å². The Balaban J connectivity index is 1.25. The van der Waals surface area contributed by atoms with Gasteiger partial charge >= 0.3 is 18.2 Å². The molecule has 4 amide bonds. The van der Waals surface area contributed by atoms with Crippen LogP contribution >= 0.6 is 11.3 Å². The lowest BCUT2D eigenvalue weighted by molar-refractivity contribution is -0.155. The van der Waals surface area contributed by atoms with Crippen LogP contribution in [0.2, 0.25) is 0 Å². The van der Waals surface area contributed by atoms with Crippen LogP contribution in [0.25, 0.3) is 33.4 Å². The summed E-state index contributed by atoms with van der Waals surface area (Å²) in [5, 5.41) is 6.50. The highest BCUT2D eigenvalue weighted by molar-refractivity contribution is 7.10. The molecule has 8 rings (SSSR count). The summed E-state index contributed by atoms with van der Waals surface area (Å²) in [6, 6.07) is 1.12. The molecule has 17 nitrogen and oxygen atoms in total. The van der Waals surface area contributed by atoms with Crippen LogP contribution in [0.4, 0.5) is 28.0 Å². The monoisotopic (exact) mass is 1030 g/mol. The molecule has 4 atom stereocenters. The van der Waals surface area contributed by atoms with Crippen molar-refractivity contribution >= 4 is 51.7 Å². The maximum absolute atomic E-state index is 16.9. The number of morpholine rings is 1. The number of hydrogen-bond acceptors (Lipinski definition) is 13. The number of aromatic nitrogens is 3. The smallest absolute Gasteiger partial charge is 0.406 e. The van der Waals surface area contributed by atoms with Crippen LogP contribution in [0, 0.1) is 17.2 Å². The molecule has 3 aromatic heterocycles. The zero-order valence-corrected chi connectivity index (χ0v) is 43.2. The second-order valence-electron chi connectivity index (χ2n) is 20.7. The highest BCUT2D eigenvalue weighted by atomic mass is 32.1. The third-order valence-corrected chi connectivity index (χ3v) is 15.0. The Bertz CT molecular complexity index is 2660. The van der Waals surface area contributed by atoms with Gasteiger partial charge in [0.1, 0.15) is 30.5 Å². The molecule has 392 valence electrons. The van der Waals surface area contributed by atoms with E-state index >= 15 is 4.39 Å². The zero-order chi connectivity index (χ0) is 52.0. The van der Waals surface area contributed by atoms with E-state index in [0.29, 0.717) is 85.1 Å². The van der Waals surface area contributed by atoms with Gasteiger partial charge in [-0.2, -0.15) is 13.2 Å². The van der Waals surface area contributed by atoms with Gasteiger partial charge in [0.15, 0.2) is 0 Å². The number of methoxy groups -OCH3 is 1. The highest BCUT2D eigenvalue weighted by Crippen LogP contribution is 2.45. The Hall–Kier alpha value is -5.42. The third kappa shape index (κ3) is 11.2. The van der Waals surface area contributed by atoms with Gasteiger partial charge in [-0.05, 0) is 70.0 Å². The average Bonchev–Trinajstić information content (AvgIpc) is 3.89. The van der Waals surface area contributed by atoms with Crippen molar-refractivity contribution < 1.29 is 51.0 Å². The number of fused-ring (bicyclic) bond motifs is 6. The zero-order valence-electron chi connectivity index (χ0n) is 42.4. The second-order valence-corrected chi connectivity index (χ2v) is 21.7. The van der Waals surface area contributed by atoms with Crippen molar-refractivity contribution in [2.75, 3.05) is 85.7 Å². The molecule has 4 aromatic rings. The van der Waals surface area contributed by atoms with Crippen molar-refractivity contribution in [3.63, 3.8) is 0 Å². The summed E-state index contributed by atoms with van der Waals surface area (Å²) >= 11 is 1.13. The summed E-state index contributed by atoms with van der Waals surface area (Å²) in [5.41, 5.74) is 4.31. The number of cyclic esters (lactones) is 1. The molecular weight excluding hydrogens is 961 g/mol. The number of carbonyl (C=O) groups is 4. The Morgan fingerprint density at radius 2 is 1.78 bits per heavy atom. The lowest BCUT2D eigenvalue weighted by Gasteiger charge is -2.45. The quantitative estimate of drug-likeness (QED) is 0.140. The number of alkyl halides is 3. The maximum Gasteiger partial charge on any atom is 0.406 e. The number of ether oxygens (including phenoxy) is 3. The Morgan fingerprint density at radius 1 is 1.06 bits per heavy atom. The van der Waals surface area contributed by atoms with Gasteiger partial charge in [-0.25, -0.2) is 19.6 Å². The number of esters is 1. The van der Waals surface area contributed by atoms with Crippen LogP contribution in [0.3, 0.4) is 0 Å². The molecule has 0 saturated carbocycles. The van der Waals surface area contributed by atoms with Crippen molar-refractivity contribution in [1.29, 1.82) is 0 Å². The van der Waals surface area contributed by atoms with Crippen LogP contribution < -0.4 is 15.6 Å².